The van der Waals surface area contributed by atoms with Gasteiger partial charge in [-0.15, -0.1) is 0 Å². The minimum Gasteiger partial charge on any atom is -0.385 e. The summed E-state index contributed by atoms with van der Waals surface area (Å²) in [6, 6.07) is 20.9. The van der Waals surface area contributed by atoms with Gasteiger partial charge in [0.15, 0.2) is 0 Å². The van der Waals surface area contributed by atoms with Crippen molar-refractivity contribution >= 4 is 6.08 Å². The Kier molecular flexibility index (Phi) is 5.67. The summed E-state index contributed by atoms with van der Waals surface area (Å²) in [6.07, 6.45) is 6.94. The van der Waals surface area contributed by atoms with Gasteiger partial charge in [0.1, 0.15) is 0 Å². The van der Waals surface area contributed by atoms with Gasteiger partial charge < -0.3 is 5.11 Å². The summed E-state index contributed by atoms with van der Waals surface area (Å²) in [6.45, 7) is 6.98. The third kappa shape index (κ3) is 4.65. The Morgan fingerprint density at radius 3 is 2.04 bits per heavy atom. The summed E-state index contributed by atoms with van der Waals surface area (Å²) >= 11 is 0. The molecular formula is C25H32O. The van der Waals surface area contributed by atoms with E-state index < -0.39 is 5.60 Å². The lowest BCUT2D eigenvalue weighted by Crippen LogP contribution is -2.39. The van der Waals surface area contributed by atoms with Crippen LogP contribution >= 0.6 is 0 Å². The van der Waals surface area contributed by atoms with E-state index in [4.69, 9.17) is 0 Å². The van der Waals surface area contributed by atoms with Crippen LogP contribution in [0.25, 0.3) is 6.08 Å². The molecule has 1 heteroatoms. The minimum absolute atomic E-state index is 0.323. The van der Waals surface area contributed by atoms with Crippen LogP contribution in [0.5, 0.6) is 0 Å². The average molecular weight is 349 g/mol. The molecule has 2 aromatic rings. The highest BCUT2D eigenvalue weighted by Crippen LogP contribution is 2.44. The largest absolute Gasteiger partial charge is 0.385 e. The topological polar surface area (TPSA) is 20.2 Å². The van der Waals surface area contributed by atoms with Crippen molar-refractivity contribution in [1.82, 2.24) is 0 Å². The van der Waals surface area contributed by atoms with Crippen molar-refractivity contribution < 1.29 is 5.11 Å². The molecular weight excluding hydrogens is 316 g/mol. The summed E-state index contributed by atoms with van der Waals surface area (Å²) in [4.78, 5) is 0. The third-order valence-corrected chi connectivity index (χ3v) is 6.01. The van der Waals surface area contributed by atoms with Gasteiger partial charge in [-0.05, 0) is 60.1 Å². The van der Waals surface area contributed by atoms with E-state index >= 15 is 0 Å². The highest BCUT2D eigenvalue weighted by Gasteiger charge is 2.39. The summed E-state index contributed by atoms with van der Waals surface area (Å²) in [7, 11) is 0. The summed E-state index contributed by atoms with van der Waals surface area (Å²) < 4.78 is 0. The molecule has 1 nitrogen and oxygen atoms in total. The highest BCUT2D eigenvalue weighted by atomic mass is 16.3. The summed E-state index contributed by atoms with van der Waals surface area (Å²) in [5.41, 5.74) is 3.23. The van der Waals surface area contributed by atoms with Crippen LogP contribution in [0.3, 0.4) is 0 Å². The van der Waals surface area contributed by atoms with E-state index in [1.54, 1.807) is 0 Å². The van der Waals surface area contributed by atoms with Gasteiger partial charge in [0.2, 0.25) is 0 Å². The number of hydrogen-bond donors (Lipinski definition) is 1. The lowest BCUT2D eigenvalue weighted by molar-refractivity contribution is 0.00362. The van der Waals surface area contributed by atoms with Gasteiger partial charge in [0, 0.05) is 0 Å². The van der Waals surface area contributed by atoms with Crippen molar-refractivity contribution in [3.05, 3.63) is 77.4 Å². The zero-order chi connectivity index (χ0) is 18.6. The molecule has 1 fully saturated rings. The molecule has 1 N–H and O–H groups in total. The second kappa shape index (κ2) is 7.80. The van der Waals surface area contributed by atoms with E-state index in [1.165, 1.54) is 11.1 Å². The maximum atomic E-state index is 11.6. The fourth-order valence-corrected chi connectivity index (χ4v) is 4.20. The van der Waals surface area contributed by atoms with Gasteiger partial charge >= 0.3 is 0 Å². The molecule has 1 saturated carbocycles. The van der Waals surface area contributed by atoms with Gasteiger partial charge in [-0.1, -0.05) is 87.5 Å². The van der Waals surface area contributed by atoms with Gasteiger partial charge in [0.25, 0.3) is 0 Å². The zero-order valence-corrected chi connectivity index (χ0v) is 16.4. The fourth-order valence-electron chi connectivity index (χ4n) is 4.20. The Morgan fingerprint density at radius 2 is 1.50 bits per heavy atom. The first kappa shape index (κ1) is 18.9. The van der Waals surface area contributed by atoms with Crippen molar-refractivity contribution in [1.29, 1.82) is 0 Å². The number of benzene rings is 2. The predicted octanol–water partition coefficient (Wildman–Crippen LogP) is 6.28. The molecule has 26 heavy (non-hydrogen) atoms. The molecule has 0 aliphatic heterocycles. The second-order valence-corrected chi connectivity index (χ2v) is 8.91. The lowest BCUT2D eigenvalue weighted by atomic mass is 9.66. The van der Waals surface area contributed by atoms with Gasteiger partial charge in [-0.25, -0.2) is 0 Å². The van der Waals surface area contributed by atoms with Crippen LogP contribution < -0.4 is 0 Å². The third-order valence-electron chi connectivity index (χ3n) is 6.01. The Morgan fingerprint density at radius 1 is 0.962 bits per heavy atom. The minimum atomic E-state index is -0.687. The lowest BCUT2D eigenvalue weighted by Gasteiger charge is -2.42. The molecule has 138 valence electrons. The standard InChI is InChI=1S/C25H32O/c1-24(2,3)22-14-16-25(26,17-15-22)23(18-20-10-6-4-7-11-20)19-21-12-8-5-9-13-21/h4-13,18,22,26H,14-17,19H2,1-3H3/b23-18+. The SMILES string of the molecule is CC(C)(C)C1CCC(O)(/C(=C/c2ccccc2)Cc2ccccc2)CC1. The van der Waals surface area contributed by atoms with Crippen molar-refractivity contribution in [2.45, 2.75) is 58.5 Å². The average Bonchev–Trinajstić information content (AvgIpc) is 2.62. The predicted molar refractivity (Wildman–Crippen MR) is 111 cm³/mol. The Labute approximate surface area is 158 Å². The second-order valence-electron chi connectivity index (χ2n) is 8.91. The zero-order valence-electron chi connectivity index (χ0n) is 16.4. The molecule has 3 rings (SSSR count). The van der Waals surface area contributed by atoms with Crippen LogP contribution in [0.2, 0.25) is 0 Å². The molecule has 0 heterocycles. The van der Waals surface area contributed by atoms with E-state index in [-0.39, 0.29) is 0 Å². The van der Waals surface area contributed by atoms with E-state index in [1.807, 2.05) is 12.1 Å². The highest BCUT2D eigenvalue weighted by molar-refractivity contribution is 5.56. The molecule has 0 saturated heterocycles. The van der Waals surface area contributed by atoms with E-state index in [0.717, 1.165) is 37.7 Å². The molecule has 0 radical (unpaired) electrons. The van der Waals surface area contributed by atoms with Crippen LogP contribution in [0, 0.1) is 11.3 Å². The van der Waals surface area contributed by atoms with Gasteiger partial charge in [0.05, 0.1) is 5.60 Å². The van der Waals surface area contributed by atoms with Crippen molar-refractivity contribution in [2.75, 3.05) is 0 Å². The Hall–Kier alpha value is -1.86. The number of rotatable bonds is 4. The molecule has 0 bridgehead atoms. The normalized spacial score (nSPS) is 24.5. The Balaban J connectivity index is 1.87. The van der Waals surface area contributed by atoms with Crippen LogP contribution in [0.15, 0.2) is 66.2 Å². The molecule has 0 spiro atoms. The van der Waals surface area contributed by atoms with Crippen LogP contribution in [-0.2, 0) is 6.42 Å². The van der Waals surface area contributed by atoms with Crippen molar-refractivity contribution in [3.8, 4) is 0 Å². The van der Waals surface area contributed by atoms with Crippen LogP contribution in [0.4, 0.5) is 0 Å². The Bertz CT molecular complexity index is 714. The smallest absolute Gasteiger partial charge is 0.0863 e. The first-order valence-electron chi connectivity index (χ1n) is 9.89. The van der Waals surface area contributed by atoms with E-state index in [0.29, 0.717) is 11.3 Å². The van der Waals surface area contributed by atoms with E-state index in [9.17, 15) is 5.11 Å². The molecule has 0 amide bonds. The molecule has 1 aliphatic carbocycles. The molecule has 0 aromatic heterocycles. The number of aliphatic hydroxyl groups is 1. The summed E-state index contributed by atoms with van der Waals surface area (Å²) in [5.74, 6) is 0.692. The van der Waals surface area contributed by atoms with Gasteiger partial charge in [-0.2, -0.15) is 0 Å². The molecule has 2 aromatic carbocycles. The van der Waals surface area contributed by atoms with Crippen LogP contribution in [0.1, 0.15) is 57.6 Å². The van der Waals surface area contributed by atoms with E-state index in [2.05, 4.69) is 75.4 Å². The van der Waals surface area contributed by atoms with Crippen LogP contribution in [-0.4, -0.2) is 10.7 Å². The monoisotopic (exact) mass is 348 g/mol. The molecule has 0 atom stereocenters. The first-order valence-corrected chi connectivity index (χ1v) is 9.89. The summed E-state index contributed by atoms with van der Waals surface area (Å²) in [5, 5.41) is 11.6. The quantitative estimate of drug-likeness (QED) is 0.689. The van der Waals surface area contributed by atoms with Gasteiger partial charge in [-0.3, -0.25) is 0 Å². The molecule has 0 unspecified atom stereocenters. The maximum Gasteiger partial charge on any atom is 0.0863 e. The molecule has 1 aliphatic rings. The van der Waals surface area contributed by atoms with Crippen molar-refractivity contribution in [2.24, 2.45) is 11.3 Å². The maximum absolute atomic E-state index is 11.6. The number of hydrogen-bond acceptors (Lipinski definition) is 1. The fraction of sp³-hybridized carbons (Fsp3) is 0.440. The van der Waals surface area contributed by atoms with Crippen molar-refractivity contribution in [3.63, 3.8) is 0 Å². The first-order chi connectivity index (χ1) is 12.4.